The van der Waals surface area contributed by atoms with Gasteiger partial charge >= 0.3 is 0 Å². The zero-order valence-electron chi connectivity index (χ0n) is 10.7. The van der Waals surface area contributed by atoms with Crippen LogP contribution in [0.2, 0.25) is 0 Å². The number of nitrogens with one attached hydrogen (secondary N) is 2. The van der Waals surface area contributed by atoms with E-state index < -0.39 is 0 Å². The number of benzene rings is 1. The monoisotopic (exact) mass is 246 g/mol. The van der Waals surface area contributed by atoms with Crippen LogP contribution in [-0.2, 0) is 11.3 Å². The van der Waals surface area contributed by atoms with Gasteiger partial charge in [0.2, 0.25) is 5.91 Å². The molecule has 96 valence electrons. The van der Waals surface area contributed by atoms with Gasteiger partial charge in [0.15, 0.2) is 0 Å². The molecule has 2 rings (SSSR count). The maximum atomic E-state index is 11.9. The fourth-order valence-electron chi connectivity index (χ4n) is 1.77. The number of methoxy groups -OCH3 is 1. The van der Waals surface area contributed by atoms with Crippen molar-refractivity contribution in [3.8, 4) is 5.75 Å². The van der Waals surface area contributed by atoms with Crippen molar-refractivity contribution in [1.82, 2.24) is 10.6 Å². The summed E-state index contributed by atoms with van der Waals surface area (Å²) in [4.78, 5) is 11.9. The van der Waals surface area contributed by atoms with E-state index in [-0.39, 0.29) is 5.91 Å². The highest BCUT2D eigenvalue weighted by Gasteiger charge is 2.15. The Kier molecular flexibility index (Phi) is 3.99. The van der Waals surface area contributed by atoms with Crippen LogP contribution in [0.25, 0.3) is 0 Å². The maximum absolute atomic E-state index is 11.9. The second kappa shape index (κ2) is 5.69. The minimum absolute atomic E-state index is 0.00863. The normalized spacial score (nSPS) is 13.8. The zero-order chi connectivity index (χ0) is 13.0. The van der Waals surface area contributed by atoms with Gasteiger partial charge in [-0.1, -0.05) is 12.1 Å². The van der Waals surface area contributed by atoms with E-state index in [4.69, 9.17) is 4.74 Å². The third kappa shape index (κ3) is 2.90. The summed E-state index contributed by atoms with van der Waals surface area (Å²) in [7, 11) is 1.63. The Hall–Kier alpha value is -1.81. The van der Waals surface area contributed by atoms with Crippen molar-refractivity contribution in [3.05, 3.63) is 41.0 Å². The molecule has 2 N–H and O–H groups in total. The van der Waals surface area contributed by atoms with Crippen LogP contribution in [-0.4, -0.2) is 26.1 Å². The summed E-state index contributed by atoms with van der Waals surface area (Å²) in [5.41, 5.74) is 3.06. The molecule has 1 aliphatic heterocycles. The van der Waals surface area contributed by atoms with E-state index in [1.54, 1.807) is 7.11 Å². The van der Waals surface area contributed by atoms with E-state index in [1.807, 2.05) is 31.2 Å². The molecule has 1 fully saturated rings. The highest BCUT2D eigenvalue weighted by atomic mass is 16.5. The number of hydrogen-bond acceptors (Lipinski definition) is 3. The van der Waals surface area contributed by atoms with E-state index >= 15 is 0 Å². The van der Waals surface area contributed by atoms with Gasteiger partial charge in [0.25, 0.3) is 0 Å². The summed E-state index contributed by atoms with van der Waals surface area (Å²) in [6.45, 7) is 4.06. The first-order valence-corrected chi connectivity index (χ1v) is 6.01. The molecule has 0 bridgehead atoms. The molecule has 4 heteroatoms. The Labute approximate surface area is 107 Å². The molecule has 0 atom stereocenters. The predicted octanol–water partition coefficient (Wildman–Crippen LogP) is 1.23. The zero-order valence-corrected chi connectivity index (χ0v) is 10.7. The molecular weight excluding hydrogens is 228 g/mol. The molecule has 18 heavy (non-hydrogen) atoms. The molecule has 1 amide bonds. The fourth-order valence-corrected chi connectivity index (χ4v) is 1.77. The van der Waals surface area contributed by atoms with Gasteiger partial charge < -0.3 is 15.4 Å². The lowest BCUT2D eigenvalue weighted by molar-refractivity contribution is -0.117. The highest BCUT2D eigenvalue weighted by Crippen LogP contribution is 2.13. The van der Waals surface area contributed by atoms with Crippen LogP contribution in [0.3, 0.4) is 0 Å². The van der Waals surface area contributed by atoms with Crippen LogP contribution in [0, 0.1) is 0 Å². The average Bonchev–Trinajstić information content (AvgIpc) is 2.34. The molecule has 0 spiro atoms. The van der Waals surface area contributed by atoms with Crippen molar-refractivity contribution in [3.63, 3.8) is 0 Å². The van der Waals surface area contributed by atoms with E-state index in [1.165, 1.54) is 5.57 Å². The Morgan fingerprint density at radius 3 is 2.83 bits per heavy atom. The summed E-state index contributed by atoms with van der Waals surface area (Å²) in [6, 6.07) is 7.70. The van der Waals surface area contributed by atoms with Crippen molar-refractivity contribution in [1.29, 1.82) is 0 Å². The van der Waals surface area contributed by atoms with E-state index in [2.05, 4.69) is 10.6 Å². The standard InChI is InChI=1S/C14H18N2O2/c1-10(12-8-15-9-12)14(17)16-7-11-4-3-5-13(6-11)18-2/h3-6,15H,7-9H2,1-2H3,(H,16,17). The number of carbonyl (C=O) groups is 1. The number of hydrogen-bond donors (Lipinski definition) is 2. The summed E-state index contributed by atoms with van der Waals surface area (Å²) in [6.07, 6.45) is 0. The van der Waals surface area contributed by atoms with Crippen molar-refractivity contribution in [2.45, 2.75) is 13.5 Å². The SMILES string of the molecule is COc1cccc(CNC(=O)C(C)=C2CNC2)c1. The van der Waals surface area contributed by atoms with Gasteiger partial charge in [-0.3, -0.25) is 4.79 Å². The van der Waals surface area contributed by atoms with Crippen LogP contribution in [0.15, 0.2) is 35.4 Å². The summed E-state index contributed by atoms with van der Waals surface area (Å²) < 4.78 is 5.14. The minimum Gasteiger partial charge on any atom is -0.497 e. The molecular formula is C14H18N2O2. The fraction of sp³-hybridized carbons (Fsp3) is 0.357. The molecule has 1 aromatic carbocycles. The summed E-state index contributed by atoms with van der Waals surface area (Å²) in [5.74, 6) is 0.814. The molecule has 0 aliphatic carbocycles. The second-order valence-corrected chi connectivity index (χ2v) is 4.37. The molecule has 1 aromatic rings. The lowest BCUT2D eigenvalue weighted by atomic mass is 10.0. The van der Waals surface area contributed by atoms with Gasteiger partial charge in [-0.25, -0.2) is 0 Å². The van der Waals surface area contributed by atoms with Crippen molar-refractivity contribution in [2.75, 3.05) is 20.2 Å². The van der Waals surface area contributed by atoms with Crippen molar-refractivity contribution < 1.29 is 9.53 Å². The number of amides is 1. The van der Waals surface area contributed by atoms with Crippen molar-refractivity contribution >= 4 is 5.91 Å². The molecule has 4 nitrogen and oxygen atoms in total. The average molecular weight is 246 g/mol. The first kappa shape index (κ1) is 12.6. The first-order chi connectivity index (χ1) is 8.70. The first-order valence-electron chi connectivity index (χ1n) is 6.01. The second-order valence-electron chi connectivity index (χ2n) is 4.37. The van der Waals surface area contributed by atoms with Crippen LogP contribution in [0.5, 0.6) is 5.75 Å². The van der Waals surface area contributed by atoms with E-state index in [0.29, 0.717) is 6.54 Å². The van der Waals surface area contributed by atoms with Crippen LogP contribution in [0.4, 0.5) is 0 Å². The van der Waals surface area contributed by atoms with E-state index in [9.17, 15) is 4.79 Å². The number of ether oxygens (including phenoxy) is 1. The topological polar surface area (TPSA) is 50.4 Å². The Morgan fingerprint density at radius 1 is 1.44 bits per heavy atom. The lowest BCUT2D eigenvalue weighted by Gasteiger charge is -2.21. The third-order valence-corrected chi connectivity index (χ3v) is 3.13. The predicted molar refractivity (Wildman–Crippen MR) is 70.4 cm³/mol. The van der Waals surface area contributed by atoms with Gasteiger partial charge in [-0.2, -0.15) is 0 Å². The number of rotatable bonds is 4. The van der Waals surface area contributed by atoms with Crippen LogP contribution < -0.4 is 15.4 Å². The molecule has 0 radical (unpaired) electrons. The molecule has 1 saturated heterocycles. The van der Waals surface area contributed by atoms with Crippen LogP contribution in [0.1, 0.15) is 12.5 Å². The largest absolute Gasteiger partial charge is 0.497 e. The Balaban J connectivity index is 1.92. The minimum atomic E-state index is 0.00863. The Morgan fingerprint density at radius 2 is 2.22 bits per heavy atom. The molecule has 1 heterocycles. The van der Waals surface area contributed by atoms with Crippen molar-refractivity contribution in [2.24, 2.45) is 0 Å². The molecule has 0 saturated carbocycles. The summed E-state index contributed by atoms with van der Waals surface area (Å²) >= 11 is 0. The Bertz CT molecular complexity index is 474. The lowest BCUT2D eigenvalue weighted by Crippen LogP contribution is -2.37. The van der Waals surface area contributed by atoms with Gasteiger partial charge in [-0.05, 0) is 30.2 Å². The van der Waals surface area contributed by atoms with Gasteiger partial charge in [-0.15, -0.1) is 0 Å². The van der Waals surface area contributed by atoms with Crippen LogP contribution >= 0.6 is 0 Å². The molecule has 0 aromatic heterocycles. The molecule has 0 unspecified atom stereocenters. The smallest absolute Gasteiger partial charge is 0.247 e. The maximum Gasteiger partial charge on any atom is 0.247 e. The van der Waals surface area contributed by atoms with E-state index in [0.717, 1.165) is 30.0 Å². The quantitative estimate of drug-likeness (QED) is 0.786. The molecule has 1 aliphatic rings. The highest BCUT2D eigenvalue weighted by molar-refractivity contribution is 5.93. The van der Waals surface area contributed by atoms with Gasteiger partial charge in [0, 0.05) is 25.2 Å². The van der Waals surface area contributed by atoms with Gasteiger partial charge in [0.1, 0.15) is 5.75 Å². The third-order valence-electron chi connectivity index (χ3n) is 3.13. The number of carbonyl (C=O) groups excluding carboxylic acids is 1. The summed E-state index contributed by atoms with van der Waals surface area (Å²) in [5, 5.41) is 6.05. The van der Waals surface area contributed by atoms with Gasteiger partial charge in [0.05, 0.1) is 7.11 Å².